The summed E-state index contributed by atoms with van der Waals surface area (Å²) in [5.74, 6) is -0.260. The highest BCUT2D eigenvalue weighted by Crippen LogP contribution is 2.18. The van der Waals surface area contributed by atoms with Crippen LogP contribution in [0.3, 0.4) is 0 Å². The number of hydrogen-bond donors (Lipinski definition) is 3. The van der Waals surface area contributed by atoms with Crippen LogP contribution in [0.2, 0.25) is 5.02 Å². The number of anilines is 1. The van der Waals surface area contributed by atoms with Gasteiger partial charge < -0.3 is 16.0 Å². The molecule has 2 aromatic carbocycles. The SMILES string of the molecule is O=C(NCCCNCc1cccc(NC(=O)c2ccccc2Cl)c1)c1cccs1. The lowest BCUT2D eigenvalue weighted by Crippen LogP contribution is -2.26. The normalized spacial score (nSPS) is 10.5. The summed E-state index contributed by atoms with van der Waals surface area (Å²) in [6, 6.07) is 18.3. The molecule has 29 heavy (non-hydrogen) atoms. The van der Waals surface area contributed by atoms with E-state index in [4.69, 9.17) is 11.6 Å². The first-order valence-electron chi connectivity index (χ1n) is 9.31. The van der Waals surface area contributed by atoms with Crippen LogP contribution in [0.4, 0.5) is 5.69 Å². The Morgan fingerprint density at radius 1 is 0.931 bits per heavy atom. The van der Waals surface area contributed by atoms with Crippen LogP contribution in [0.5, 0.6) is 0 Å². The van der Waals surface area contributed by atoms with E-state index in [1.54, 1.807) is 24.3 Å². The molecule has 1 heterocycles. The van der Waals surface area contributed by atoms with E-state index in [1.807, 2.05) is 41.8 Å². The smallest absolute Gasteiger partial charge is 0.261 e. The Morgan fingerprint density at radius 2 is 1.79 bits per heavy atom. The van der Waals surface area contributed by atoms with Gasteiger partial charge in [-0.25, -0.2) is 0 Å². The largest absolute Gasteiger partial charge is 0.351 e. The van der Waals surface area contributed by atoms with Gasteiger partial charge in [0.15, 0.2) is 0 Å². The molecule has 3 aromatic rings. The molecule has 5 nitrogen and oxygen atoms in total. The van der Waals surface area contributed by atoms with Crippen molar-refractivity contribution in [2.75, 3.05) is 18.4 Å². The lowest BCUT2D eigenvalue weighted by molar-refractivity contribution is 0.0956. The van der Waals surface area contributed by atoms with Gasteiger partial charge in [-0.15, -0.1) is 11.3 Å². The molecule has 0 aliphatic rings. The van der Waals surface area contributed by atoms with Gasteiger partial charge >= 0.3 is 0 Å². The van der Waals surface area contributed by atoms with Gasteiger partial charge in [-0.05, 0) is 54.2 Å². The summed E-state index contributed by atoms with van der Waals surface area (Å²) in [6.45, 7) is 2.08. The van der Waals surface area contributed by atoms with Crippen LogP contribution in [0, 0.1) is 0 Å². The highest BCUT2D eigenvalue weighted by Gasteiger charge is 2.10. The Labute approximate surface area is 179 Å². The minimum absolute atomic E-state index is 0.0260. The summed E-state index contributed by atoms with van der Waals surface area (Å²) in [7, 11) is 0. The van der Waals surface area contributed by atoms with Gasteiger partial charge in [-0.3, -0.25) is 9.59 Å². The van der Waals surface area contributed by atoms with Gasteiger partial charge in [-0.1, -0.05) is 41.9 Å². The van der Waals surface area contributed by atoms with Crippen molar-refractivity contribution < 1.29 is 9.59 Å². The number of thiophene rings is 1. The van der Waals surface area contributed by atoms with Gasteiger partial charge in [0.05, 0.1) is 15.5 Å². The Kier molecular flexibility index (Phi) is 7.81. The van der Waals surface area contributed by atoms with Crippen molar-refractivity contribution in [2.45, 2.75) is 13.0 Å². The van der Waals surface area contributed by atoms with Gasteiger partial charge in [0, 0.05) is 18.8 Å². The van der Waals surface area contributed by atoms with Crippen molar-refractivity contribution in [2.24, 2.45) is 0 Å². The summed E-state index contributed by atoms with van der Waals surface area (Å²) in [4.78, 5) is 24.9. The maximum absolute atomic E-state index is 12.4. The van der Waals surface area contributed by atoms with Crippen molar-refractivity contribution in [1.82, 2.24) is 10.6 Å². The van der Waals surface area contributed by atoms with Crippen LogP contribution < -0.4 is 16.0 Å². The zero-order valence-corrected chi connectivity index (χ0v) is 17.4. The van der Waals surface area contributed by atoms with Crippen molar-refractivity contribution in [1.29, 1.82) is 0 Å². The molecule has 7 heteroatoms. The minimum Gasteiger partial charge on any atom is -0.351 e. The van der Waals surface area contributed by atoms with Crippen molar-refractivity contribution >= 4 is 40.4 Å². The average molecular weight is 428 g/mol. The minimum atomic E-state index is -0.234. The Hall–Kier alpha value is -2.67. The number of nitrogens with one attached hydrogen (secondary N) is 3. The van der Waals surface area contributed by atoms with Crippen molar-refractivity contribution in [3.8, 4) is 0 Å². The standard InChI is InChI=1S/C22H22ClN3O2S/c23-19-9-2-1-8-18(19)21(27)26-17-7-3-6-16(14-17)15-24-11-5-12-25-22(28)20-10-4-13-29-20/h1-4,6-10,13-14,24H,5,11-12,15H2,(H,25,28)(H,26,27). The first kappa shape index (κ1) is 21.0. The third kappa shape index (κ3) is 6.42. The molecule has 3 N–H and O–H groups in total. The zero-order chi connectivity index (χ0) is 20.5. The third-order valence-corrected chi connectivity index (χ3v) is 5.39. The molecule has 0 aliphatic carbocycles. The molecule has 0 fully saturated rings. The third-order valence-electron chi connectivity index (χ3n) is 4.19. The average Bonchev–Trinajstić information content (AvgIpc) is 3.26. The van der Waals surface area contributed by atoms with Crippen LogP contribution in [-0.4, -0.2) is 24.9 Å². The Balaban J connectivity index is 1.40. The fraction of sp³-hybridized carbons (Fsp3) is 0.182. The predicted octanol–water partition coefficient (Wildman–Crippen LogP) is 4.56. The van der Waals surface area contributed by atoms with Crippen LogP contribution in [-0.2, 0) is 6.54 Å². The van der Waals surface area contributed by atoms with Gasteiger partial charge in [0.2, 0.25) is 0 Å². The van der Waals surface area contributed by atoms with E-state index in [2.05, 4.69) is 16.0 Å². The van der Waals surface area contributed by atoms with Crippen molar-refractivity contribution in [3.05, 3.63) is 87.1 Å². The number of amides is 2. The molecular weight excluding hydrogens is 406 g/mol. The molecule has 0 unspecified atom stereocenters. The summed E-state index contributed by atoms with van der Waals surface area (Å²) >= 11 is 7.52. The monoisotopic (exact) mass is 427 g/mol. The fourth-order valence-electron chi connectivity index (χ4n) is 2.75. The molecule has 3 rings (SSSR count). The summed E-state index contributed by atoms with van der Waals surface area (Å²) in [5, 5.41) is 11.5. The maximum Gasteiger partial charge on any atom is 0.261 e. The number of carbonyl (C=O) groups excluding carboxylic acids is 2. The van der Waals surface area contributed by atoms with E-state index in [1.165, 1.54) is 11.3 Å². The topological polar surface area (TPSA) is 70.2 Å². The molecule has 2 amide bonds. The maximum atomic E-state index is 12.4. The summed E-state index contributed by atoms with van der Waals surface area (Å²) in [5.41, 5.74) is 2.23. The molecule has 0 spiro atoms. The van der Waals surface area contributed by atoms with E-state index >= 15 is 0 Å². The number of hydrogen-bond acceptors (Lipinski definition) is 4. The molecule has 0 bridgehead atoms. The van der Waals surface area contributed by atoms with Crippen LogP contribution in [0.25, 0.3) is 0 Å². The molecule has 0 saturated carbocycles. The number of benzene rings is 2. The first-order valence-corrected chi connectivity index (χ1v) is 10.6. The van der Waals surface area contributed by atoms with E-state index in [0.717, 1.165) is 29.1 Å². The molecular formula is C22H22ClN3O2S. The second-order valence-electron chi connectivity index (χ2n) is 6.40. The quantitative estimate of drug-likeness (QED) is 0.438. The number of halogens is 1. The van der Waals surface area contributed by atoms with Gasteiger partial charge in [0.1, 0.15) is 0 Å². The number of carbonyl (C=O) groups is 2. The molecule has 0 saturated heterocycles. The van der Waals surface area contributed by atoms with Gasteiger partial charge in [0.25, 0.3) is 11.8 Å². The van der Waals surface area contributed by atoms with E-state index < -0.39 is 0 Å². The second-order valence-corrected chi connectivity index (χ2v) is 7.75. The Bertz CT molecular complexity index is 960. The van der Waals surface area contributed by atoms with Gasteiger partial charge in [-0.2, -0.15) is 0 Å². The highest BCUT2D eigenvalue weighted by molar-refractivity contribution is 7.12. The van der Waals surface area contributed by atoms with Crippen LogP contribution in [0.1, 0.15) is 32.0 Å². The van der Waals surface area contributed by atoms with Crippen LogP contribution >= 0.6 is 22.9 Å². The first-order chi connectivity index (χ1) is 14.1. The lowest BCUT2D eigenvalue weighted by atomic mass is 10.1. The second kappa shape index (κ2) is 10.8. The fourth-order valence-corrected chi connectivity index (χ4v) is 3.61. The molecule has 150 valence electrons. The summed E-state index contributed by atoms with van der Waals surface area (Å²) in [6.07, 6.45) is 0.833. The zero-order valence-electron chi connectivity index (χ0n) is 15.8. The lowest BCUT2D eigenvalue weighted by Gasteiger charge is -2.10. The highest BCUT2D eigenvalue weighted by atomic mass is 35.5. The molecule has 0 atom stereocenters. The summed E-state index contributed by atoms with van der Waals surface area (Å²) < 4.78 is 0. The molecule has 0 radical (unpaired) electrons. The van der Waals surface area contributed by atoms with E-state index in [9.17, 15) is 9.59 Å². The van der Waals surface area contributed by atoms with E-state index in [-0.39, 0.29) is 11.8 Å². The Morgan fingerprint density at radius 3 is 2.59 bits per heavy atom. The van der Waals surface area contributed by atoms with Crippen LogP contribution in [0.15, 0.2) is 66.0 Å². The molecule has 1 aromatic heterocycles. The van der Waals surface area contributed by atoms with Crippen molar-refractivity contribution in [3.63, 3.8) is 0 Å². The number of rotatable bonds is 9. The molecule has 0 aliphatic heterocycles. The predicted molar refractivity (Wildman–Crippen MR) is 119 cm³/mol. The van der Waals surface area contributed by atoms with E-state index in [0.29, 0.717) is 23.7 Å².